The minimum absolute atomic E-state index is 0.0806. The van der Waals surface area contributed by atoms with E-state index in [-0.39, 0.29) is 6.10 Å². The van der Waals surface area contributed by atoms with Crippen LogP contribution in [0.4, 0.5) is 0 Å². The number of β-amino-alcohol motifs (C(OH)–C–C–N with tert-alkyl or cyclic N) is 1. The minimum atomic E-state index is -0.0806. The van der Waals surface area contributed by atoms with E-state index < -0.39 is 0 Å². The largest absolute Gasteiger partial charge is 0.392 e. The number of nitrogens with one attached hydrogen (secondary N) is 1. The predicted molar refractivity (Wildman–Crippen MR) is 82.8 cm³/mol. The summed E-state index contributed by atoms with van der Waals surface area (Å²) in [5.41, 5.74) is 0.482. The van der Waals surface area contributed by atoms with Crippen molar-refractivity contribution in [2.75, 3.05) is 26.2 Å². The summed E-state index contributed by atoms with van der Waals surface area (Å²) in [6.07, 6.45) is 13.3. The van der Waals surface area contributed by atoms with Crippen LogP contribution in [0.1, 0.15) is 64.2 Å². The first-order valence-corrected chi connectivity index (χ1v) is 8.90. The highest BCUT2D eigenvalue weighted by Gasteiger charge is 2.35. The molecule has 3 fully saturated rings. The molecule has 0 radical (unpaired) electrons. The van der Waals surface area contributed by atoms with Crippen molar-refractivity contribution in [2.24, 2.45) is 5.41 Å². The van der Waals surface area contributed by atoms with E-state index in [1.807, 2.05) is 0 Å². The van der Waals surface area contributed by atoms with Crippen molar-refractivity contribution in [1.29, 1.82) is 0 Å². The van der Waals surface area contributed by atoms with Crippen molar-refractivity contribution in [3.63, 3.8) is 0 Å². The number of aliphatic hydroxyl groups is 1. The summed E-state index contributed by atoms with van der Waals surface area (Å²) in [4.78, 5) is 2.55. The van der Waals surface area contributed by atoms with Gasteiger partial charge in [-0.15, -0.1) is 0 Å². The molecule has 2 saturated carbocycles. The number of rotatable bonds is 5. The van der Waals surface area contributed by atoms with E-state index in [1.165, 1.54) is 77.4 Å². The summed E-state index contributed by atoms with van der Waals surface area (Å²) in [7, 11) is 0. The van der Waals surface area contributed by atoms with Gasteiger partial charge in [0.05, 0.1) is 6.10 Å². The second-order valence-electron chi connectivity index (χ2n) is 7.60. The van der Waals surface area contributed by atoms with Gasteiger partial charge in [0.15, 0.2) is 0 Å². The van der Waals surface area contributed by atoms with E-state index in [9.17, 15) is 5.11 Å². The van der Waals surface area contributed by atoms with Gasteiger partial charge in [0.25, 0.3) is 0 Å². The summed E-state index contributed by atoms with van der Waals surface area (Å²) in [6.45, 7) is 4.53. The van der Waals surface area contributed by atoms with E-state index in [0.717, 1.165) is 19.0 Å². The molecule has 0 aromatic rings. The fourth-order valence-corrected chi connectivity index (χ4v) is 4.17. The van der Waals surface area contributed by atoms with Gasteiger partial charge < -0.3 is 15.3 Å². The summed E-state index contributed by atoms with van der Waals surface area (Å²) < 4.78 is 0. The lowest BCUT2D eigenvalue weighted by Crippen LogP contribution is -2.48. The molecule has 3 aliphatic rings. The minimum Gasteiger partial charge on any atom is -0.392 e. The standard InChI is InChI=1S/C17H32N2O/c20-16-6-5-11-19(12-16)14-17(13-18-15-7-8-15)9-3-1-2-4-10-17/h15-16,18,20H,1-14H2. The van der Waals surface area contributed by atoms with Crippen LogP contribution in [0, 0.1) is 5.41 Å². The van der Waals surface area contributed by atoms with Crippen LogP contribution in [0.3, 0.4) is 0 Å². The molecule has 0 aromatic heterocycles. The van der Waals surface area contributed by atoms with Crippen molar-refractivity contribution in [3.05, 3.63) is 0 Å². The Morgan fingerprint density at radius 3 is 2.40 bits per heavy atom. The van der Waals surface area contributed by atoms with E-state index in [2.05, 4.69) is 10.2 Å². The molecule has 116 valence electrons. The summed E-state index contributed by atoms with van der Waals surface area (Å²) in [5.74, 6) is 0. The van der Waals surface area contributed by atoms with Gasteiger partial charge in [-0.2, -0.15) is 0 Å². The third-order valence-electron chi connectivity index (χ3n) is 5.55. The summed E-state index contributed by atoms with van der Waals surface area (Å²) >= 11 is 0. The fourth-order valence-electron chi connectivity index (χ4n) is 4.17. The summed E-state index contributed by atoms with van der Waals surface area (Å²) in [6, 6.07) is 0.821. The van der Waals surface area contributed by atoms with Crippen LogP contribution in [0.5, 0.6) is 0 Å². The van der Waals surface area contributed by atoms with Gasteiger partial charge in [0.2, 0.25) is 0 Å². The maximum Gasteiger partial charge on any atom is 0.0667 e. The average molecular weight is 280 g/mol. The molecular weight excluding hydrogens is 248 g/mol. The summed E-state index contributed by atoms with van der Waals surface area (Å²) in [5, 5.41) is 13.7. The van der Waals surface area contributed by atoms with Crippen LogP contribution in [-0.2, 0) is 0 Å². The zero-order chi connectivity index (χ0) is 13.8. The highest BCUT2D eigenvalue weighted by molar-refractivity contribution is 4.91. The molecule has 0 aromatic carbocycles. The third-order valence-corrected chi connectivity index (χ3v) is 5.55. The van der Waals surface area contributed by atoms with Gasteiger partial charge >= 0.3 is 0 Å². The molecule has 3 nitrogen and oxygen atoms in total. The van der Waals surface area contributed by atoms with Gasteiger partial charge in [0.1, 0.15) is 0 Å². The molecule has 3 heteroatoms. The third kappa shape index (κ3) is 4.19. The molecule has 1 heterocycles. The normalized spacial score (nSPS) is 31.9. The molecule has 2 N–H and O–H groups in total. The Kier molecular flexibility index (Phi) is 5.00. The lowest BCUT2D eigenvalue weighted by molar-refractivity contribution is 0.0377. The first-order chi connectivity index (χ1) is 9.76. The molecule has 1 aliphatic heterocycles. The van der Waals surface area contributed by atoms with E-state index in [0.29, 0.717) is 5.41 Å². The van der Waals surface area contributed by atoms with Crippen molar-refractivity contribution >= 4 is 0 Å². The number of nitrogens with zero attached hydrogens (tertiary/aromatic N) is 1. The van der Waals surface area contributed by atoms with Crippen molar-refractivity contribution in [2.45, 2.75) is 76.4 Å². The van der Waals surface area contributed by atoms with Crippen LogP contribution < -0.4 is 5.32 Å². The second-order valence-corrected chi connectivity index (χ2v) is 7.60. The molecule has 20 heavy (non-hydrogen) atoms. The predicted octanol–water partition coefficient (Wildman–Crippen LogP) is 2.54. The molecule has 3 rings (SSSR count). The molecular formula is C17H32N2O. The number of hydrogen-bond acceptors (Lipinski definition) is 3. The van der Waals surface area contributed by atoms with Crippen molar-refractivity contribution in [3.8, 4) is 0 Å². The monoisotopic (exact) mass is 280 g/mol. The van der Waals surface area contributed by atoms with E-state index in [4.69, 9.17) is 0 Å². The first-order valence-electron chi connectivity index (χ1n) is 8.90. The van der Waals surface area contributed by atoms with Crippen LogP contribution >= 0.6 is 0 Å². The van der Waals surface area contributed by atoms with Crippen LogP contribution in [0.2, 0.25) is 0 Å². The van der Waals surface area contributed by atoms with Crippen molar-refractivity contribution in [1.82, 2.24) is 10.2 Å². The Hall–Kier alpha value is -0.120. The lowest BCUT2D eigenvalue weighted by atomic mass is 9.79. The molecule has 0 bridgehead atoms. The number of hydrogen-bond donors (Lipinski definition) is 2. The first kappa shape index (κ1) is 14.8. The maximum atomic E-state index is 9.92. The fraction of sp³-hybridized carbons (Fsp3) is 1.00. The Bertz CT molecular complexity index is 295. The van der Waals surface area contributed by atoms with Gasteiger partial charge in [-0.3, -0.25) is 0 Å². The highest BCUT2D eigenvalue weighted by Crippen LogP contribution is 2.37. The molecule has 1 saturated heterocycles. The number of aliphatic hydroxyl groups excluding tert-OH is 1. The van der Waals surface area contributed by atoms with E-state index in [1.54, 1.807) is 0 Å². The highest BCUT2D eigenvalue weighted by atomic mass is 16.3. The van der Waals surface area contributed by atoms with Gasteiger partial charge in [0, 0.05) is 25.7 Å². The second kappa shape index (κ2) is 6.76. The van der Waals surface area contributed by atoms with E-state index >= 15 is 0 Å². The van der Waals surface area contributed by atoms with Crippen LogP contribution in [-0.4, -0.2) is 48.3 Å². The van der Waals surface area contributed by atoms with Gasteiger partial charge in [-0.1, -0.05) is 25.7 Å². The molecule has 2 aliphatic carbocycles. The Labute approximate surface area is 124 Å². The Balaban J connectivity index is 1.59. The van der Waals surface area contributed by atoms with Gasteiger partial charge in [-0.05, 0) is 50.5 Å². The molecule has 0 spiro atoms. The molecule has 0 amide bonds. The van der Waals surface area contributed by atoms with Gasteiger partial charge in [-0.25, -0.2) is 0 Å². The molecule has 1 unspecified atom stereocenters. The van der Waals surface area contributed by atoms with Crippen molar-refractivity contribution < 1.29 is 5.11 Å². The zero-order valence-electron chi connectivity index (χ0n) is 12.9. The lowest BCUT2D eigenvalue weighted by Gasteiger charge is -2.41. The maximum absolute atomic E-state index is 9.92. The smallest absolute Gasteiger partial charge is 0.0667 e. The SMILES string of the molecule is OC1CCCN(CC2(CNC3CC3)CCCCCC2)C1. The topological polar surface area (TPSA) is 35.5 Å². The number of likely N-dealkylation sites (tertiary alicyclic amines) is 1. The number of piperidine rings is 1. The van der Waals surface area contributed by atoms with Crippen LogP contribution in [0.15, 0.2) is 0 Å². The zero-order valence-corrected chi connectivity index (χ0v) is 12.9. The average Bonchev–Trinajstić information content (AvgIpc) is 3.24. The Morgan fingerprint density at radius 2 is 1.75 bits per heavy atom. The molecule has 1 atom stereocenters. The van der Waals surface area contributed by atoms with Crippen LogP contribution in [0.25, 0.3) is 0 Å². The quantitative estimate of drug-likeness (QED) is 0.760. The Morgan fingerprint density at radius 1 is 1.00 bits per heavy atom.